The molecule has 96 valence electrons. The third kappa shape index (κ3) is 5.43. The third-order valence-electron chi connectivity index (χ3n) is 3.23. The summed E-state index contributed by atoms with van der Waals surface area (Å²) in [4.78, 5) is 0. The van der Waals surface area contributed by atoms with E-state index < -0.39 is 5.51 Å². The molecule has 1 aliphatic carbocycles. The predicted octanol–water partition coefficient (Wildman–Crippen LogP) is 3.65. The van der Waals surface area contributed by atoms with Gasteiger partial charge in [-0.05, 0) is 36.4 Å². The monoisotopic (exact) mass is 255 g/mol. The first kappa shape index (κ1) is 14.2. The van der Waals surface area contributed by atoms with E-state index in [0.29, 0.717) is 24.4 Å². The van der Waals surface area contributed by atoms with E-state index in [1.807, 2.05) is 0 Å². The second kappa shape index (κ2) is 6.15. The molecule has 0 aliphatic heterocycles. The van der Waals surface area contributed by atoms with Crippen LogP contribution in [0.3, 0.4) is 0 Å². The summed E-state index contributed by atoms with van der Waals surface area (Å²) in [5.41, 5.74) is -4.09. The van der Waals surface area contributed by atoms with Crippen LogP contribution >= 0.6 is 11.8 Å². The summed E-state index contributed by atoms with van der Waals surface area (Å²) < 4.78 is 35.7. The molecule has 0 bridgehead atoms. The summed E-state index contributed by atoms with van der Waals surface area (Å²) >= 11 is 0.0617. The zero-order chi connectivity index (χ0) is 12.2. The van der Waals surface area contributed by atoms with Crippen molar-refractivity contribution in [1.82, 2.24) is 5.32 Å². The third-order valence-corrected chi connectivity index (χ3v) is 3.97. The average Bonchev–Trinajstić information content (AvgIpc) is 2.16. The van der Waals surface area contributed by atoms with Crippen LogP contribution in [0.15, 0.2) is 0 Å². The lowest BCUT2D eigenvalue weighted by atomic mass is 9.80. The van der Waals surface area contributed by atoms with Crippen molar-refractivity contribution in [2.45, 2.75) is 44.7 Å². The van der Waals surface area contributed by atoms with Gasteiger partial charge >= 0.3 is 5.51 Å². The van der Waals surface area contributed by atoms with Gasteiger partial charge in [0.05, 0.1) is 0 Å². The van der Waals surface area contributed by atoms with Crippen LogP contribution in [0, 0.1) is 11.8 Å². The number of nitrogens with one attached hydrogen (secondary N) is 1. The lowest BCUT2D eigenvalue weighted by Gasteiger charge is -2.33. The van der Waals surface area contributed by atoms with Crippen molar-refractivity contribution in [3.63, 3.8) is 0 Å². The van der Waals surface area contributed by atoms with E-state index in [-0.39, 0.29) is 17.5 Å². The molecular formula is C11H20F3NS. The van der Waals surface area contributed by atoms with Gasteiger partial charge in [-0.1, -0.05) is 20.3 Å². The van der Waals surface area contributed by atoms with Crippen molar-refractivity contribution in [1.29, 1.82) is 0 Å². The fraction of sp³-hybridized carbons (Fsp3) is 1.00. The Balaban J connectivity index is 2.16. The largest absolute Gasteiger partial charge is 0.441 e. The van der Waals surface area contributed by atoms with E-state index in [2.05, 4.69) is 19.2 Å². The Kier molecular flexibility index (Phi) is 5.44. The number of thioether (sulfide) groups is 1. The van der Waals surface area contributed by atoms with Gasteiger partial charge in [0.25, 0.3) is 0 Å². The molecule has 1 N–H and O–H groups in total. The molecule has 0 aromatic rings. The average molecular weight is 255 g/mol. The Hall–Kier alpha value is 0.100. The molecule has 0 saturated heterocycles. The molecule has 0 aromatic carbocycles. The van der Waals surface area contributed by atoms with E-state index in [1.165, 1.54) is 12.8 Å². The first-order chi connectivity index (χ1) is 7.38. The lowest BCUT2D eigenvalue weighted by Crippen LogP contribution is -2.40. The second-order valence-corrected chi connectivity index (χ2v) is 5.91. The lowest BCUT2D eigenvalue weighted by molar-refractivity contribution is -0.0327. The Morgan fingerprint density at radius 3 is 2.56 bits per heavy atom. The highest BCUT2D eigenvalue weighted by Gasteiger charge is 2.28. The van der Waals surface area contributed by atoms with Crippen molar-refractivity contribution in [2.24, 2.45) is 11.8 Å². The molecule has 1 fully saturated rings. The number of hydrogen-bond donors (Lipinski definition) is 1. The smallest absolute Gasteiger partial charge is 0.313 e. The molecule has 3 unspecified atom stereocenters. The first-order valence-corrected chi connectivity index (χ1v) is 6.81. The highest BCUT2D eigenvalue weighted by atomic mass is 32.2. The van der Waals surface area contributed by atoms with Gasteiger partial charge in [-0.3, -0.25) is 0 Å². The van der Waals surface area contributed by atoms with Gasteiger partial charge in [0, 0.05) is 18.3 Å². The van der Waals surface area contributed by atoms with Crippen molar-refractivity contribution in [2.75, 3.05) is 12.3 Å². The molecule has 0 heterocycles. The van der Waals surface area contributed by atoms with Crippen LogP contribution < -0.4 is 5.32 Å². The van der Waals surface area contributed by atoms with Crippen LogP contribution in [-0.4, -0.2) is 23.8 Å². The topological polar surface area (TPSA) is 12.0 Å². The van der Waals surface area contributed by atoms with Crippen LogP contribution in [0.5, 0.6) is 0 Å². The summed E-state index contributed by atoms with van der Waals surface area (Å²) in [6.07, 6.45) is 3.53. The molecule has 1 saturated carbocycles. The van der Waals surface area contributed by atoms with Crippen LogP contribution in [0.25, 0.3) is 0 Å². The normalized spacial score (nSPS) is 31.7. The summed E-state index contributed by atoms with van der Waals surface area (Å²) in [6, 6.07) is 0.401. The molecule has 5 heteroatoms. The molecule has 1 aliphatic rings. The molecule has 1 nitrogen and oxygen atoms in total. The maximum absolute atomic E-state index is 11.9. The summed E-state index contributed by atoms with van der Waals surface area (Å²) in [6.45, 7) is 4.84. The molecule has 0 spiro atoms. The Labute approximate surface area is 99.6 Å². The molecule has 16 heavy (non-hydrogen) atoms. The van der Waals surface area contributed by atoms with Gasteiger partial charge in [-0.25, -0.2) is 0 Å². The first-order valence-electron chi connectivity index (χ1n) is 5.82. The highest BCUT2D eigenvalue weighted by molar-refractivity contribution is 8.00. The molecule has 1 rings (SSSR count). The minimum atomic E-state index is -4.09. The maximum atomic E-state index is 11.9. The van der Waals surface area contributed by atoms with Gasteiger partial charge in [-0.2, -0.15) is 13.2 Å². The van der Waals surface area contributed by atoms with Crippen LogP contribution in [-0.2, 0) is 0 Å². The van der Waals surface area contributed by atoms with Gasteiger partial charge in [0.2, 0.25) is 0 Å². The molecule has 0 radical (unpaired) electrons. The van der Waals surface area contributed by atoms with E-state index >= 15 is 0 Å². The minimum Gasteiger partial charge on any atom is -0.313 e. The fourth-order valence-electron chi connectivity index (χ4n) is 2.23. The zero-order valence-corrected chi connectivity index (χ0v) is 10.6. The standard InChI is InChI=1S/C11H20F3NS/c1-8-3-4-9(2)10(7-8)15-5-6-16-11(12,13)14/h8-10,15H,3-7H2,1-2H3. The Morgan fingerprint density at radius 2 is 1.94 bits per heavy atom. The van der Waals surface area contributed by atoms with Crippen molar-refractivity contribution in [3.8, 4) is 0 Å². The maximum Gasteiger partial charge on any atom is 0.441 e. The fourth-order valence-corrected chi connectivity index (χ4v) is 2.68. The van der Waals surface area contributed by atoms with Crippen LogP contribution in [0.1, 0.15) is 33.1 Å². The summed E-state index contributed by atoms with van der Waals surface area (Å²) in [5, 5.41) is 3.25. The van der Waals surface area contributed by atoms with Gasteiger partial charge in [-0.15, -0.1) is 0 Å². The quantitative estimate of drug-likeness (QED) is 0.769. The zero-order valence-electron chi connectivity index (χ0n) is 9.81. The van der Waals surface area contributed by atoms with Crippen LogP contribution in [0.4, 0.5) is 13.2 Å². The van der Waals surface area contributed by atoms with Crippen molar-refractivity contribution < 1.29 is 13.2 Å². The SMILES string of the molecule is CC1CCC(C)C(NCCSC(F)(F)F)C1. The van der Waals surface area contributed by atoms with Crippen LogP contribution in [0.2, 0.25) is 0 Å². The second-order valence-electron chi connectivity index (χ2n) is 4.75. The number of halogens is 3. The van der Waals surface area contributed by atoms with Crippen molar-refractivity contribution in [3.05, 3.63) is 0 Å². The Morgan fingerprint density at radius 1 is 1.25 bits per heavy atom. The van der Waals surface area contributed by atoms with Gasteiger partial charge in [0.15, 0.2) is 0 Å². The number of hydrogen-bond acceptors (Lipinski definition) is 2. The minimum absolute atomic E-state index is 0.0617. The van der Waals surface area contributed by atoms with E-state index in [9.17, 15) is 13.2 Å². The van der Waals surface area contributed by atoms with E-state index in [4.69, 9.17) is 0 Å². The number of rotatable bonds is 4. The summed E-state index contributed by atoms with van der Waals surface area (Å²) in [7, 11) is 0. The van der Waals surface area contributed by atoms with Gasteiger partial charge < -0.3 is 5.32 Å². The van der Waals surface area contributed by atoms with Gasteiger partial charge in [0.1, 0.15) is 0 Å². The Bertz CT molecular complexity index is 208. The summed E-state index contributed by atoms with van der Waals surface area (Å²) in [5.74, 6) is 1.40. The molecule has 0 aromatic heterocycles. The number of alkyl halides is 3. The van der Waals surface area contributed by atoms with E-state index in [0.717, 1.165) is 6.42 Å². The van der Waals surface area contributed by atoms with E-state index in [1.54, 1.807) is 0 Å². The molecule has 3 atom stereocenters. The molecular weight excluding hydrogens is 235 g/mol. The highest BCUT2D eigenvalue weighted by Crippen LogP contribution is 2.30. The predicted molar refractivity (Wildman–Crippen MR) is 62.5 cm³/mol. The molecule has 0 amide bonds. The van der Waals surface area contributed by atoms with Crippen molar-refractivity contribution >= 4 is 11.8 Å².